The Morgan fingerprint density at radius 3 is 2.44 bits per heavy atom. The van der Waals surface area contributed by atoms with Crippen LogP contribution in [0.5, 0.6) is 5.75 Å². The lowest BCUT2D eigenvalue weighted by Gasteiger charge is -2.08. The van der Waals surface area contributed by atoms with Gasteiger partial charge in [-0.05, 0) is 43.1 Å². The summed E-state index contributed by atoms with van der Waals surface area (Å²) in [5.74, 6) is 0.905. The van der Waals surface area contributed by atoms with Gasteiger partial charge < -0.3 is 10.5 Å². The van der Waals surface area contributed by atoms with Crippen LogP contribution >= 0.6 is 0 Å². The molecule has 0 bridgehead atoms. The molecule has 2 aromatic rings. The molecule has 0 aromatic heterocycles. The first-order chi connectivity index (χ1) is 8.79. The number of benzene rings is 2. The largest absolute Gasteiger partial charge is 0.494 e. The summed E-state index contributed by atoms with van der Waals surface area (Å²) < 4.78 is 5.66. The van der Waals surface area contributed by atoms with Crippen LogP contribution in [0.4, 0.5) is 0 Å². The number of ether oxygens (including phenoxy) is 1. The van der Waals surface area contributed by atoms with Crippen molar-refractivity contribution in [1.29, 1.82) is 0 Å². The summed E-state index contributed by atoms with van der Waals surface area (Å²) in [5.41, 5.74) is 9.12. The van der Waals surface area contributed by atoms with Gasteiger partial charge in [0.1, 0.15) is 5.75 Å². The fourth-order valence-electron chi connectivity index (χ4n) is 1.86. The Morgan fingerprint density at radius 1 is 1.00 bits per heavy atom. The molecule has 0 amide bonds. The first-order valence-electron chi connectivity index (χ1n) is 6.29. The third-order valence-corrected chi connectivity index (χ3v) is 2.80. The maximum absolute atomic E-state index is 5.66. The van der Waals surface area contributed by atoms with E-state index in [1.807, 2.05) is 12.1 Å². The van der Waals surface area contributed by atoms with Crippen LogP contribution in [0.15, 0.2) is 48.5 Å². The number of hydrogen-bond acceptors (Lipinski definition) is 2. The van der Waals surface area contributed by atoms with Crippen LogP contribution in [-0.4, -0.2) is 13.2 Å². The summed E-state index contributed by atoms with van der Waals surface area (Å²) in [4.78, 5) is 0. The van der Waals surface area contributed by atoms with Crippen molar-refractivity contribution >= 4 is 0 Å². The Morgan fingerprint density at radius 2 is 1.72 bits per heavy atom. The van der Waals surface area contributed by atoms with Crippen LogP contribution in [0, 0.1) is 6.92 Å². The maximum atomic E-state index is 5.66. The van der Waals surface area contributed by atoms with Crippen LogP contribution in [0.3, 0.4) is 0 Å². The Kier molecular flexibility index (Phi) is 4.37. The second kappa shape index (κ2) is 6.22. The van der Waals surface area contributed by atoms with Crippen molar-refractivity contribution in [1.82, 2.24) is 0 Å². The molecular formula is C16H19NO. The van der Waals surface area contributed by atoms with Crippen LogP contribution in [0.1, 0.15) is 12.0 Å². The summed E-state index contributed by atoms with van der Waals surface area (Å²) in [6.45, 7) is 3.44. The maximum Gasteiger partial charge on any atom is 0.119 e. The zero-order valence-electron chi connectivity index (χ0n) is 10.7. The van der Waals surface area contributed by atoms with E-state index in [0.717, 1.165) is 12.2 Å². The highest BCUT2D eigenvalue weighted by Crippen LogP contribution is 2.24. The standard InChI is InChI=1S/C16H19NO/c1-13-5-2-6-14(11-13)15-7-3-8-16(12-15)18-10-4-9-17/h2-3,5-8,11-12H,4,9-10,17H2,1H3. The summed E-state index contributed by atoms with van der Waals surface area (Å²) in [7, 11) is 0. The number of nitrogens with two attached hydrogens (primary N) is 1. The summed E-state index contributed by atoms with van der Waals surface area (Å²) in [6.07, 6.45) is 0.884. The highest BCUT2D eigenvalue weighted by molar-refractivity contribution is 5.65. The zero-order chi connectivity index (χ0) is 12.8. The van der Waals surface area contributed by atoms with E-state index in [9.17, 15) is 0 Å². The van der Waals surface area contributed by atoms with Crippen LogP contribution in [-0.2, 0) is 0 Å². The fraction of sp³-hybridized carbons (Fsp3) is 0.250. The third-order valence-electron chi connectivity index (χ3n) is 2.80. The predicted octanol–water partition coefficient (Wildman–Crippen LogP) is 3.39. The van der Waals surface area contributed by atoms with Crippen LogP contribution in [0.25, 0.3) is 11.1 Å². The van der Waals surface area contributed by atoms with Crippen molar-refractivity contribution in [3.8, 4) is 16.9 Å². The van der Waals surface area contributed by atoms with Gasteiger partial charge in [-0.2, -0.15) is 0 Å². The zero-order valence-corrected chi connectivity index (χ0v) is 10.7. The molecule has 0 aliphatic rings. The third kappa shape index (κ3) is 3.34. The first-order valence-corrected chi connectivity index (χ1v) is 6.29. The van der Waals surface area contributed by atoms with E-state index in [-0.39, 0.29) is 0 Å². The molecule has 0 aliphatic heterocycles. The smallest absolute Gasteiger partial charge is 0.119 e. The Hall–Kier alpha value is -1.80. The molecule has 0 fully saturated rings. The van der Waals surface area contributed by atoms with Gasteiger partial charge in [-0.15, -0.1) is 0 Å². The molecule has 0 atom stereocenters. The Labute approximate surface area is 108 Å². The number of aryl methyl sites for hydroxylation is 1. The van der Waals surface area contributed by atoms with Crippen molar-refractivity contribution in [2.45, 2.75) is 13.3 Å². The van der Waals surface area contributed by atoms with E-state index >= 15 is 0 Å². The normalized spacial score (nSPS) is 10.3. The lowest BCUT2D eigenvalue weighted by Crippen LogP contribution is -2.05. The van der Waals surface area contributed by atoms with Crippen LogP contribution < -0.4 is 10.5 Å². The van der Waals surface area contributed by atoms with E-state index in [1.54, 1.807) is 0 Å². The van der Waals surface area contributed by atoms with E-state index < -0.39 is 0 Å². The number of rotatable bonds is 5. The van der Waals surface area contributed by atoms with Gasteiger partial charge in [-0.25, -0.2) is 0 Å². The van der Waals surface area contributed by atoms with Crippen molar-refractivity contribution in [2.75, 3.05) is 13.2 Å². The highest BCUT2D eigenvalue weighted by atomic mass is 16.5. The van der Waals surface area contributed by atoms with E-state index in [0.29, 0.717) is 13.2 Å². The van der Waals surface area contributed by atoms with E-state index in [1.165, 1.54) is 16.7 Å². The van der Waals surface area contributed by atoms with Crippen LogP contribution in [0.2, 0.25) is 0 Å². The molecule has 18 heavy (non-hydrogen) atoms. The van der Waals surface area contributed by atoms with Gasteiger partial charge in [0.15, 0.2) is 0 Å². The fourth-order valence-corrected chi connectivity index (χ4v) is 1.86. The molecule has 2 rings (SSSR count). The summed E-state index contributed by atoms with van der Waals surface area (Å²) in [5, 5.41) is 0. The van der Waals surface area contributed by atoms with Gasteiger partial charge >= 0.3 is 0 Å². The number of hydrogen-bond donors (Lipinski definition) is 1. The minimum Gasteiger partial charge on any atom is -0.494 e. The predicted molar refractivity (Wildman–Crippen MR) is 75.8 cm³/mol. The average Bonchev–Trinajstić information content (AvgIpc) is 2.39. The molecular weight excluding hydrogens is 222 g/mol. The van der Waals surface area contributed by atoms with Gasteiger partial charge in [0, 0.05) is 0 Å². The second-order valence-corrected chi connectivity index (χ2v) is 4.39. The molecule has 2 N–H and O–H groups in total. The SMILES string of the molecule is Cc1cccc(-c2cccc(OCCCN)c2)c1. The molecule has 2 aromatic carbocycles. The average molecular weight is 241 g/mol. The van der Waals surface area contributed by atoms with Gasteiger partial charge in [0.2, 0.25) is 0 Å². The Bertz CT molecular complexity index is 508. The molecule has 2 nitrogen and oxygen atoms in total. The molecule has 0 saturated carbocycles. The van der Waals surface area contributed by atoms with Gasteiger partial charge in [0.05, 0.1) is 6.61 Å². The highest BCUT2D eigenvalue weighted by Gasteiger charge is 2.00. The molecule has 0 spiro atoms. The van der Waals surface area contributed by atoms with E-state index in [2.05, 4.69) is 43.3 Å². The lowest BCUT2D eigenvalue weighted by molar-refractivity contribution is 0.313. The lowest BCUT2D eigenvalue weighted by atomic mass is 10.0. The molecule has 2 heteroatoms. The van der Waals surface area contributed by atoms with E-state index in [4.69, 9.17) is 10.5 Å². The molecule has 0 saturated heterocycles. The Balaban J connectivity index is 2.16. The molecule has 0 heterocycles. The van der Waals surface area contributed by atoms with Crippen molar-refractivity contribution in [3.63, 3.8) is 0 Å². The molecule has 0 radical (unpaired) electrons. The van der Waals surface area contributed by atoms with Crippen molar-refractivity contribution < 1.29 is 4.74 Å². The van der Waals surface area contributed by atoms with Gasteiger partial charge in [-0.1, -0.05) is 42.0 Å². The molecule has 0 unspecified atom stereocenters. The summed E-state index contributed by atoms with van der Waals surface area (Å²) in [6, 6.07) is 16.7. The van der Waals surface area contributed by atoms with Gasteiger partial charge in [0.25, 0.3) is 0 Å². The monoisotopic (exact) mass is 241 g/mol. The minimum absolute atomic E-state index is 0.664. The topological polar surface area (TPSA) is 35.2 Å². The minimum atomic E-state index is 0.664. The van der Waals surface area contributed by atoms with Gasteiger partial charge in [-0.3, -0.25) is 0 Å². The molecule has 0 aliphatic carbocycles. The van der Waals surface area contributed by atoms with Crippen molar-refractivity contribution in [3.05, 3.63) is 54.1 Å². The quantitative estimate of drug-likeness (QED) is 0.814. The van der Waals surface area contributed by atoms with Crippen molar-refractivity contribution in [2.24, 2.45) is 5.73 Å². The summed E-state index contributed by atoms with van der Waals surface area (Å²) >= 11 is 0. The second-order valence-electron chi connectivity index (χ2n) is 4.39. The molecule has 94 valence electrons. The first kappa shape index (κ1) is 12.7.